The summed E-state index contributed by atoms with van der Waals surface area (Å²) < 4.78 is 32.8. The minimum absolute atomic E-state index is 0.223. The lowest BCUT2D eigenvalue weighted by Gasteiger charge is -2.17. The summed E-state index contributed by atoms with van der Waals surface area (Å²) in [7, 11) is 4.56. The van der Waals surface area contributed by atoms with Crippen molar-refractivity contribution in [2.75, 3.05) is 34.5 Å². The van der Waals surface area contributed by atoms with Crippen molar-refractivity contribution < 1.29 is 33.0 Å². The number of amides is 1. The number of aromatic nitrogens is 1. The molecule has 0 saturated carbocycles. The molecule has 0 aliphatic carbocycles. The molecular formula is C20H26N2O7. The fourth-order valence-corrected chi connectivity index (χ4v) is 3.20. The Kier molecular flexibility index (Phi) is 5.99. The highest BCUT2D eigenvalue weighted by Gasteiger charge is 2.33. The molecule has 9 nitrogen and oxygen atoms in total. The van der Waals surface area contributed by atoms with E-state index in [0.717, 1.165) is 0 Å². The van der Waals surface area contributed by atoms with E-state index in [1.807, 2.05) is 13.8 Å². The van der Waals surface area contributed by atoms with Crippen LogP contribution in [0.4, 0.5) is 0 Å². The number of nitrogens with one attached hydrogen (secondary N) is 1. The molecule has 2 heterocycles. The zero-order valence-corrected chi connectivity index (χ0v) is 17.5. The number of benzene rings is 1. The van der Waals surface area contributed by atoms with Gasteiger partial charge in [0.25, 0.3) is 5.91 Å². The van der Waals surface area contributed by atoms with Crippen molar-refractivity contribution in [2.45, 2.75) is 32.7 Å². The molecule has 0 unspecified atom stereocenters. The van der Waals surface area contributed by atoms with Crippen molar-refractivity contribution in [1.82, 2.24) is 10.5 Å². The SMILES string of the molecule is COc1cc(-c2onc(C)c2C(=O)NC[C@H]2COC(C)(C)O2)cc(OC)c1OC. The second kappa shape index (κ2) is 8.30. The molecule has 1 aromatic carbocycles. The summed E-state index contributed by atoms with van der Waals surface area (Å²) in [6, 6.07) is 3.41. The monoisotopic (exact) mass is 406 g/mol. The summed E-state index contributed by atoms with van der Waals surface area (Å²) >= 11 is 0. The molecule has 3 rings (SSSR count). The predicted molar refractivity (Wildman–Crippen MR) is 104 cm³/mol. The molecule has 1 aliphatic heterocycles. The van der Waals surface area contributed by atoms with Gasteiger partial charge in [-0.3, -0.25) is 4.79 Å². The third kappa shape index (κ3) is 4.30. The molecule has 1 saturated heterocycles. The zero-order chi connectivity index (χ0) is 21.2. The number of rotatable bonds is 7. The van der Waals surface area contributed by atoms with Crippen LogP contribution >= 0.6 is 0 Å². The number of hydrogen-bond acceptors (Lipinski definition) is 8. The second-order valence-corrected chi connectivity index (χ2v) is 7.05. The van der Waals surface area contributed by atoms with Crippen LogP contribution in [0.3, 0.4) is 0 Å². The quantitative estimate of drug-likeness (QED) is 0.749. The van der Waals surface area contributed by atoms with Gasteiger partial charge in [0.2, 0.25) is 5.75 Å². The Hall–Kier alpha value is -2.78. The highest BCUT2D eigenvalue weighted by Crippen LogP contribution is 2.42. The third-order valence-corrected chi connectivity index (χ3v) is 4.57. The molecule has 0 bridgehead atoms. The van der Waals surface area contributed by atoms with Gasteiger partial charge in [-0.1, -0.05) is 5.16 Å². The minimum atomic E-state index is -0.649. The lowest BCUT2D eigenvalue weighted by Crippen LogP contribution is -2.34. The van der Waals surface area contributed by atoms with Crippen molar-refractivity contribution in [2.24, 2.45) is 0 Å². The molecule has 1 N–H and O–H groups in total. The van der Waals surface area contributed by atoms with Gasteiger partial charge in [-0.15, -0.1) is 0 Å². The van der Waals surface area contributed by atoms with Gasteiger partial charge >= 0.3 is 0 Å². The summed E-state index contributed by atoms with van der Waals surface area (Å²) in [6.45, 7) is 6.10. The van der Waals surface area contributed by atoms with Gasteiger partial charge in [0, 0.05) is 12.1 Å². The number of methoxy groups -OCH3 is 3. The van der Waals surface area contributed by atoms with E-state index in [4.69, 9.17) is 28.2 Å². The molecule has 1 aromatic heterocycles. The Labute approximate surface area is 169 Å². The van der Waals surface area contributed by atoms with Crippen molar-refractivity contribution >= 4 is 5.91 Å². The topological polar surface area (TPSA) is 101 Å². The van der Waals surface area contributed by atoms with Gasteiger partial charge in [-0.25, -0.2) is 0 Å². The lowest BCUT2D eigenvalue weighted by molar-refractivity contribution is -0.137. The maximum absolute atomic E-state index is 12.9. The average molecular weight is 406 g/mol. The van der Waals surface area contributed by atoms with Crippen LogP contribution in [0.1, 0.15) is 29.9 Å². The number of nitrogens with zero attached hydrogens (tertiary/aromatic N) is 1. The van der Waals surface area contributed by atoms with E-state index in [9.17, 15) is 4.79 Å². The van der Waals surface area contributed by atoms with Crippen LogP contribution in [0, 0.1) is 6.92 Å². The zero-order valence-electron chi connectivity index (χ0n) is 17.5. The summed E-state index contributed by atoms with van der Waals surface area (Å²) in [5.74, 6) is 0.678. The Morgan fingerprint density at radius 3 is 2.38 bits per heavy atom. The van der Waals surface area contributed by atoms with Crippen LogP contribution in [0.2, 0.25) is 0 Å². The van der Waals surface area contributed by atoms with Crippen molar-refractivity contribution in [3.8, 4) is 28.6 Å². The van der Waals surface area contributed by atoms with Crippen LogP contribution in [0.15, 0.2) is 16.7 Å². The van der Waals surface area contributed by atoms with Gasteiger partial charge in [-0.2, -0.15) is 0 Å². The fourth-order valence-electron chi connectivity index (χ4n) is 3.20. The van der Waals surface area contributed by atoms with Gasteiger partial charge in [0.05, 0.1) is 33.6 Å². The Morgan fingerprint density at radius 1 is 1.21 bits per heavy atom. The molecule has 29 heavy (non-hydrogen) atoms. The lowest BCUT2D eigenvalue weighted by atomic mass is 10.0. The molecule has 1 atom stereocenters. The van der Waals surface area contributed by atoms with Crippen LogP contribution in [0.5, 0.6) is 17.2 Å². The van der Waals surface area contributed by atoms with E-state index >= 15 is 0 Å². The number of hydrogen-bond donors (Lipinski definition) is 1. The maximum atomic E-state index is 12.9. The first-order valence-corrected chi connectivity index (χ1v) is 9.16. The highest BCUT2D eigenvalue weighted by molar-refractivity contribution is 6.00. The van der Waals surface area contributed by atoms with Crippen LogP contribution in [0.25, 0.3) is 11.3 Å². The molecule has 2 aromatic rings. The largest absolute Gasteiger partial charge is 0.493 e. The first-order chi connectivity index (χ1) is 13.8. The second-order valence-electron chi connectivity index (χ2n) is 7.05. The van der Waals surface area contributed by atoms with Crippen molar-refractivity contribution in [3.63, 3.8) is 0 Å². The normalized spacial score (nSPS) is 17.8. The van der Waals surface area contributed by atoms with E-state index < -0.39 is 5.79 Å². The average Bonchev–Trinajstić information content (AvgIpc) is 3.26. The number of ether oxygens (including phenoxy) is 5. The first-order valence-electron chi connectivity index (χ1n) is 9.16. The van der Waals surface area contributed by atoms with E-state index in [1.165, 1.54) is 21.3 Å². The van der Waals surface area contributed by atoms with E-state index in [1.54, 1.807) is 19.1 Å². The molecule has 0 spiro atoms. The maximum Gasteiger partial charge on any atom is 0.257 e. The molecule has 9 heteroatoms. The highest BCUT2D eigenvalue weighted by atomic mass is 16.7. The van der Waals surface area contributed by atoms with Gasteiger partial charge < -0.3 is 33.5 Å². The molecule has 1 aliphatic rings. The van der Waals surface area contributed by atoms with E-state index in [0.29, 0.717) is 53.0 Å². The minimum Gasteiger partial charge on any atom is -0.493 e. The summed E-state index contributed by atoms with van der Waals surface area (Å²) in [5.41, 5.74) is 1.37. The van der Waals surface area contributed by atoms with E-state index in [2.05, 4.69) is 10.5 Å². The standard InChI is InChI=1S/C20H26N2O7/c1-11-16(19(23)21-9-13-10-27-20(2,3)28-13)17(29-22-11)12-7-14(24-4)18(26-6)15(8-12)25-5/h7-8,13H,9-10H2,1-6H3,(H,21,23)/t13-/m0/s1. The predicted octanol–water partition coefficient (Wildman–Crippen LogP) is 2.56. The fraction of sp³-hybridized carbons (Fsp3) is 0.500. The molecule has 0 radical (unpaired) electrons. The van der Waals surface area contributed by atoms with Crippen LogP contribution in [-0.4, -0.2) is 57.4 Å². The first kappa shape index (κ1) is 20.9. The van der Waals surface area contributed by atoms with Crippen LogP contribution < -0.4 is 19.5 Å². The van der Waals surface area contributed by atoms with Crippen molar-refractivity contribution in [3.05, 3.63) is 23.4 Å². The third-order valence-electron chi connectivity index (χ3n) is 4.57. The summed E-state index contributed by atoms with van der Waals surface area (Å²) in [5, 5.41) is 6.83. The number of aryl methyl sites for hydroxylation is 1. The molecule has 1 amide bonds. The summed E-state index contributed by atoms with van der Waals surface area (Å²) in [6.07, 6.45) is -0.223. The number of carbonyl (C=O) groups excluding carboxylic acids is 1. The summed E-state index contributed by atoms with van der Waals surface area (Å²) in [4.78, 5) is 12.9. The van der Waals surface area contributed by atoms with Crippen molar-refractivity contribution in [1.29, 1.82) is 0 Å². The Bertz CT molecular complexity index is 866. The Morgan fingerprint density at radius 2 is 1.86 bits per heavy atom. The van der Waals surface area contributed by atoms with Gasteiger partial charge in [0.15, 0.2) is 23.0 Å². The van der Waals surface area contributed by atoms with Gasteiger partial charge in [0.1, 0.15) is 11.7 Å². The Balaban J connectivity index is 1.87. The molecule has 158 valence electrons. The smallest absolute Gasteiger partial charge is 0.257 e. The number of carbonyl (C=O) groups is 1. The van der Waals surface area contributed by atoms with E-state index in [-0.39, 0.29) is 12.0 Å². The van der Waals surface area contributed by atoms with Gasteiger partial charge in [-0.05, 0) is 32.9 Å². The van der Waals surface area contributed by atoms with Crippen LogP contribution in [-0.2, 0) is 9.47 Å². The molecule has 1 fully saturated rings. The molecular weight excluding hydrogens is 380 g/mol.